The number of hydrogen-bond donors (Lipinski definition) is 2. The zero-order valence-electron chi connectivity index (χ0n) is 11.3. The maximum atomic E-state index is 12.2. The minimum absolute atomic E-state index is 0.137. The van der Waals surface area contributed by atoms with Crippen LogP contribution in [-0.2, 0) is 0 Å². The van der Waals surface area contributed by atoms with Crippen LogP contribution in [0.25, 0.3) is 0 Å². The van der Waals surface area contributed by atoms with Crippen LogP contribution in [0.5, 0.6) is 0 Å². The van der Waals surface area contributed by atoms with E-state index in [9.17, 15) is 4.79 Å². The Morgan fingerprint density at radius 3 is 2.77 bits per heavy atom. The lowest BCUT2D eigenvalue weighted by atomic mass is 10.2. The van der Waals surface area contributed by atoms with Gasteiger partial charge in [0.1, 0.15) is 5.82 Å². The Bertz CT molecular complexity index is 755. The quantitative estimate of drug-likeness (QED) is 0.509. The lowest BCUT2D eigenvalue weighted by Gasteiger charge is -2.11. The first-order valence-corrected chi connectivity index (χ1v) is 8.31. The van der Waals surface area contributed by atoms with Gasteiger partial charge in [0.15, 0.2) is 5.11 Å². The van der Waals surface area contributed by atoms with Crippen LogP contribution < -0.4 is 10.6 Å². The minimum Gasteiger partial charge on any atom is -0.317 e. The Hall–Kier alpha value is -0.960. The van der Waals surface area contributed by atoms with Gasteiger partial charge in [0.25, 0.3) is 5.91 Å². The van der Waals surface area contributed by atoms with E-state index < -0.39 is 5.91 Å². The number of nitrogens with one attached hydrogen (secondary N) is 2. The highest BCUT2D eigenvalue weighted by molar-refractivity contribution is 14.1. The van der Waals surface area contributed by atoms with E-state index in [1.54, 1.807) is 24.4 Å². The molecule has 1 aromatic carbocycles. The van der Waals surface area contributed by atoms with Gasteiger partial charge in [-0.1, -0.05) is 29.3 Å². The van der Waals surface area contributed by atoms with Gasteiger partial charge in [-0.3, -0.25) is 10.1 Å². The summed E-state index contributed by atoms with van der Waals surface area (Å²) in [5.74, 6) is 0.149. The van der Waals surface area contributed by atoms with Gasteiger partial charge in [0.2, 0.25) is 0 Å². The van der Waals surface area contributed by atoms with Crippen molar-refractivity contribution in [1.82, 2.24) is 10.3 Å². The third-order valence-electron chi connectivity index (χ3n) is 2.70. The van der Waals surface area contributed by atoms with E-state index in [1.807, 2.05) is 13.0 Å². The largest absolute Gasteiger partial charge is 0.317 e. The van der Waals surface area contributed by atoms with Gasteiger partial charge in [-0.25, -0.2) is 4.98 Å². The second-order valence-corrected chi connectivity index (χ2v) is 6.77. The molecule has 0 aliphatic carbocycles. The van der Waals surface area contributed by atoms with E-state index in [0.717, 1.165) is 9.13 Å². The van der Waals surface area contributed by atoms with Crippen molar-refractivity contribution in [2.24, 2.45) is 0 Å². The van der Waals surface area contributed by atoms with Crippen molar-refractivity contribution in [3.05, 3.63) is 55.2 Å². The fourth-order valence-electron chi connectivity index (χ4n) is 1.66. The molecule has 0 saturated carbocycles. The van der Waals surface area contributed by atoms with Crippen LogP contribution >= 0.6 is 58.0 Å². The van der Waals surface area contributed by atoms with Crippen LogP contribution in [0.4, 0.5) is 5.82 Å². The summed E-state index contributed by atoms with van der Waals surface area (Å²) in [6, 6.07) is 6.77. The molecule has 2 aromatic rings. The monoisotopic (exact) mass is 465 g/mol. The molecule has 2 rings (SSSR count). The number of aryl methyl sites for hydroxylation is 1. The van der Waals surface area contributed by atoms with E-state index in [4.69, 9.17) is 35.4 Å². The molecular formula is C14H10Cl2IN3OS. The van der Waals surface area contributed by atoms with Crippen LogP contribution in [-0.4, -0.2) is 16.0 Å². The van der Waals surface area contributed by atoms with E-state index in [1.165, 1.54) is 0 Å². The van der Waals surface area contributed by atoms with Gasteiger partial charge in [-0.05, 0) is 65.5 Å². The van der Waals surface area contributed by atoms with Gasteiger partial charge in [0.05, 0.1) is 15.6 Å². The SMILES string of the molecule is Cc1cc(I)cnc1NC(=S)NC(=O)c1cccc(Cl)c1Cl. The first-order valence-electron chi connectivity index (χ1n) is 6.07. The Morgan fingerprint density at radius 2 is 2.09 bits per heavy atom. The van der Waals surface area contributed by atoms with Crippen molar-refractivity contribution < 1.29 is 4.79 Å². The molecule has 0 radical (unpaired) electrons. The summed E-state index contributed by atoms with van der Waals surface area (Å²) in [6.45, 7) is 1.90. The fourth-order valence-corrected chi connectivity index (χ4v) is 2.84. The number of halogens is 3. The van der Waals surface area contributed by atoms with Crippen molar-refractivity contribution in [2.75, 3.05) is 5.32 Å². The molecule has 0 bridgehead atoms. The number of amides is 1. The number of carbonyl (C=O) groups excluding carboxylic acids is 1. The maximum absolute atomic E-state index is 12.2. The third-order valence-corrected chi connectivity index (χ3v) is 4.31. The fraction of sp³-hybridized carbons (Fsp3) is 0.0714. The van der Waals surface area contributed by atoms with Crippen LogP contribution in [0.2, 0.25) is 10.0 Å². The minimum atomic E-state index is -0.437. The number of rotatable bonds is 2. The maximum Gasteiger partial charge on any atom is 0.258 e. The van der Waals surface area contributed by atoms with Crippen molar-refractivity contribution >= 4 is 74.8 Å². The van der Waals surface area contributed by atoms with Crippen molar-refractivity contribution in [1.29, 1.82) is 0 Å². The Kier molecular flexibility index (Phi) is 5.96. The topological polar surface area (TPSA) is 54.0 Å². The summed E-state index contributed by atoms with van der Waals surface area (Å²) < 4.78 is 1.02. The number of thiocarbonyl (C=S) groups is 1. The standard InChI is InChI=1S/C14H10Cl2IN3OS/c1-7-5-8(17)6-18-12(7)19-14(22)20-13(21)9-3-2-4-10(15)11(9)16/h2-6H,1H3,(H2,18,19,20,21,22). The molecule has 0 saturated heterocycles. The summed E-state index contributed by atoms with van der Waals surface area (Å²) in [6.07, 6.45) is 1.70. The number of hydrogen-bond acceptors (Lipinski definition) is 3. The zero-order valence-corrected chi connectivity index (χ0v) is 15.8. The Labute approximate surface area is 156 Å². The summed E-state index contributed by atoms with van der Waals surface area (Å²) in [5, 5.41) is 6.07. The molecule has 0 fully saturated rings. The molecule has 0 aliphatic rings. The normalized spacial score (nSPS) is 10.2. The molecule has 4 nitrogen and oxygen atoms in total. The molecule has 0 aliphatic heterocycles. The second kappa shape index (κ2) is 7.54. The van der Waals surface area contributed by atoms with E-state index in [0.29, 0.717) is 10.8 Å². The molecule has 0 unspecified atom stereocenters. The van der Waals surface area contributed by atoms with Gasteiger partial charge in [-0.2, -0.15) is 0 Å². The van der Waals surface area contributed by atoms with Gasteiger partial charge < -0.3 is 5.32 Å². The number of pyridine rings is 1. The second-order valence-electron chi connectivity index (χ2n) is 4.33. The molecule has 8 heteroatoms. The summed E-state index contributed by atoms with van der Waals surface area (Å²) in [4.78, 5) is 16.4. The number of carbonyl (C=O) groups is 1. The Balaban J connectivity index is 2.08. The average Bonchev–Trinajstić information content (AvgIpc) is 2.44. The number of anilines is 1. The van der Waals surface area contributed by atoms with Crippen LogP contribution in [0.15, 0.2) is 30.5 Å². The highest BCUT2D eigenvalue weighted by Crippen LogP contribution is 2.25. The van der Waals surface area contributed by atoms with Gasteiger partial charge in [0, 0.05) is 9.77 Å². The molecular weight excluding hydrogens is 456 g/mol. The lowest BCUT2D eigenvalue weighted by Crippen LogP contribution is -2.34. The third kappa shape index (κ3) is 4.28. The number of aromatic nitrogens is 1. The summed E-state index contributed by atoms with van der Waals surface area (Å²) in [5.41, 5.74) is 1.18. The molecule has 1 aromatic heterocycles. The average molecular weight is 466 g/mol. The van der Waals surface area contributed by atoms with Gasteiger partial charge in [-0.15, -0.1) is 0 Å². The van der Waals surface area contributed by atoms with Crippen molar-refractivity contribution in [3.8, 4) is 0 Å². The summed E-state index contributed by atoms with van der Waals surface area (Å²) in [7, 11) is 0. The first kappa shape index (κ1) is 17.4. The first-order chi connectivity index (χ1) is 10.4. The van der Waals surface area contributed by atoms with E-state index >= 15 is 0 Å². The van der Waals surface area contributed by atoms with Crippen LogP contribution in [0, 0.1) is 10.5 Å². The predicted molar refractivity (Wildman–Crippen MR) is 102 cm³/mol. The van der Waals surface area contributed by atoms with E-state index in [-0.39, 0.29) is 15.7 Å². The molecule has 1 heterocycles. The van der Waals surface area contributed by atoms with Crippen LogP contribution in [0.3, 0.4) is 0 Å². The number of nitrogens with zero attached hydrogens (tertiary/aromatic N) is 1. The smallest absolute Gasteiger partial charge is 0.258 e. The predicted octanol–water partition coefficient (Wildman–Crippen LogP) is 4.43. The lowest BCUT2D eigenvalue weighted by molar-refractivity contribution is 0.0978. The Morgan fingerprint density at radius 1 is 1.36 bits per heavy atom. The summed E-state index contributed by atoms with van der Waals surface area (Å²) >= 11 is 19.2. The molecule has 0 spiro atoms. The molecule has 22 heavy (non-hydrogen) atoms. The van der Waals surface area contributed by atoms with Gasteiger partial charge >= 0.3 is 0 Å². The zero-order chi connectivity index (χ0) is 16.3. The molecule has 114 valence electrons. The number of benzene rings is 1. The molecule has 0 atom stereocenters. The molecule has 2 N–H and O–H groups in total. The van der Waals surface area contributed by atoms with Crippen molar-refractivity contribution in [2.45, 2.75) is 6.92 Å². The van der Waals surface area contributed by atoms with Crippen LogP contribution in [0.1, 0.15) is 15.9 Å². The van der Waals surface area contributed by atoms with E-state index in [2.05, 4.69) is 38.2 Å². The highest BCUT2D eigenvalue weighted by atomic mass is 127. The highest BCUT2D eigenvalue weighted by Gasteiger charge is 2.14. The van der Waals surface area contributed by atoms with Crippen molar-refractivity contribution in [3.63, 3.8) is 0 Å². The molecule has 1 amide bonds.